The lowest BCUT2D eigenvalue weighted by atomic mass is 10.1. The molecule has 0 saturated heterocycles. The van der Waals surface area contributed by atoms with E-state index in [0.717, 1.165) is 12.1 Å². The summed E-state index contributed by atoms with van der Waals surface area (Å²) in [6.07, 6.45) is 2.43. The van der Waals surface area contributed by atoms with E-state index < -0.39 is 28.9 Å². The number of nitrogens with zero attached hydrogens (tertiary/aromatic N) is 2. The Morgan fingerprint density at radius 1 is 1.07 bits per heavy atom. The summed E-state index contributed by atoms with van der Waals surface area (Å²) in [5.74, 6) is -3.69. The van der Waals surface area contributed by atoms with Gasteiger partial charge in [0.2, 0.25) is 23.5 Å². The van der Waals surface area contributed by atoms with E-state index >= 15 is 0 Å². The molecule has 1 heterocycles. The lowest BCUT2D eigenvalue weighted by molar-refractivity contribution is -0.119. The average Bonchev–Trinajstić information content (AvgIpc) is 2.68. The third kappa shape index (κ3) is 6.64. The second-order valence-electron chi connectivity index (χ2n) is 7.05. The standard InChI is InChI=1S/C20H24F2N4O4/c1-11(2)7-25-20(28)14-5-6-15(19(22)18(14)21)30-17-9-23-16(8-24-17)29-10-12(3)26-13(4)27/h5-6,8-9,11-12H,7,10H2,1-4H3,(H,25,28)(H,26,27). The van der Waals surface area contributed by atoms with E-state index in [9.17, 15) is 18.4 Å². The smallest absolute Gasteiger partial charge is 0.254 e. The molecule has 10 heteroatoms. The van der Waals surface area contributed by atoms with E-state index in [1.807, 2.05) is 13.8 Å². The third-order valence-corrected chi connectivity index (χ3v) is 3.71. The minimum absolute atomic E-state index is 0.0902. The minimum Gasteiger partial charge on any atom is -0.474 e. The van der Waals surface area contributed by atoms with Crippen molar-refractivity contribution in [2.45, 2.75) is 33.7 Å². The van der Waals surface area contributed by atoms with Crippen LogP contribution < -0.4 is 20.1 Å². The van der Waals surface area contributed by atoms with Crippen molar-refractivity contribution >= 4 is 11.8 Å². The van der Waals surface area contributed by atoms with E-state index in [4.69, 9.17) is 9.47 Å². The summed E-state index contributed by atoms with van der Waals surface area (Å²) in [5.41, 5.74) is -0.413. The van der Waals surface area contributed by atoms with Gasteiger partial charge >= 0.3 is 0 Å². The van der Waals surface area contributed by atoms with Gasteiger partial charge in [0, 0.05) is 13.5 Å². The zero-order valence-corrected chi connectivity index (χ0v) is 17.2. The monoisotopic (exact) mass is 422 g/mol. The molecule has 2 N–H and O–H groups in total. The molecule has 2 rings (SSSR count). The summed E-state index contributed by atoms with van der Waals surface area (Å²) in [7, 11) is 0. The molecule has 1 aromatic heterocycles. The van der Waals surface area contributed by atoms with Crippen LogP contribution in [0.25, 0.3) is 0 Å². The summed E-state index contributed by atoms with van der Waals surface area (Å²) in [6.45, 7) is 7.44. The fraction of sp³-hybridized carbons (Fsp3) is 0.400. The van der Waals surface area contributed by atoms with Crippen molar-refractivity contribution in [3.05, 3.63) is 41.7 Å². The van der Waals surface area contributed by atoms with Crippen molar-refractivity contribution < 1.29 is 27.8 Å². The maximum Gasteiger partial charge on any atom is 0.254 e. The molecule has 2 aromatic rings. The van der Waals surface area contributed by atoms with Gasteiger partial charge in [-0.1, -0.05) is 13.8 Å². The molecule has 0 bridgehead atoms. The molecule has 0 saturated carbocycles. The largest absolute Gasteiger partial charge is 0.474 e. The second-order valence-corrected chi connectivity index (χ2v) is 7.05. The van der Waals surface area contributed by atoms with Crippen LogP contribution in [0, 0.1) is 17.6 Å². The number of carbonyl (C=O) groups excluding carboxylic acids is 2. The number of amides is 2. The van der Waals surface area contributed by atoms with Gasteiger partial charge in [-0.15, -0.1) is 0 Å². The number of benzene rings is 1. The predicted octanol–water partition coefficient (Wildman–Crippen LogP) is 2.84. The fourth-order valence-corrected chi connectivity index (χ4v) is 2.32. The van der Waals surface area contributed by atoms with Gasteiger partial charge in [0.15, 0.2) is 11.6 Å². The molecule has 0 radical (unpaired) electrons. The fourth-order valence-electron chi connectivity index (χ4n) is 2.32. The zero-order chi connectivity index (χ0) is 22.3. The van der Waals surface area contributed by atoms with Crippen LogP contribution in [0.15, 0.2) is 24.5 Å². The van der Waals surface area contributed by atoms with Gasteiger partial charge in [-0.2, -0.15) is 4.39 Å². The molecule has 0 aliphatic heterocycles. The molecule has 0 aliphatic carbocycles. The maximum atomic E-state index is 14.3. The number of rotatable bonds is 9. The number of hydrogen-bond donors (Lipinski definition) is 2. The van der Waals surface area contributed by atoms with Crippen LogP contribution in [-0.4, -0.2) is 41.0 Å². The summed E-state index contributed by atoms with van der Waals surface area (Å²) >= 11 is 0. The zero-order valence-electron chi connectivity index (χ0n) is 17.2. The van der Waals surface area contributed by atoms with Crippen molar-refractivity contribution in [3.8, 4) is 17.5 Å². The van der Waals surface area contributed by atoms with E-state index in [-0.39, 0.29) is 36.2 Å². The van der Waals surface area contributed by atoms with E-state index in [1.165, 1.54) is 19.3 Å². The van der Waals surface area contributed by atoms with Crippen molar-refractivity contribution in [1.29, 1.82) is 0 Å². The topological polar surface area (TPSA) is 102 Å². The van der Waals surface area contributed by atoms with Crippen LogP contribution in [0.2, 0.25) is 0 Å². The van der Waals surface area contributed by atoms with Crippen LogP contribution in [-0.2, 0) is 4.79 Å². The van der Waals surface area contributed by atoms with E-state index in [2.05, 4.69) is 20.6 Å². The average molecular weight is 422 g/mol. The summed E-state index contributed by atoms with van der Waals surface area (Å²) in [6, 6.07) is 2.05. The Kier molecular flexibility index (Phi) is 8.02. The Balaban J connectivity index is 2.01. The molecule has 2 amide bonds. The summed E-state index contributed by atoms with van der Waals surface area (Å²) < 4.78 is 39.2. The van der Waals surface area contributed by atoms with Crippen molar-refractivity contribution in [2.75, 3.05) is 13.2 Å². The number of halogens is 2. The number of carbonyl (C=O) groups is 2. The summed E-state index contributed by atoms with van der Waals surface area (Å²) in [5, 5.41) is 5.18. The van der Waals surface area contributed by atoms with Gasteiger partial charge in [-0.3, -0.25) is 9.59 Å². The number of nitrogens with one attached hydrogen (secondary N) is 2. The Morgan fingerprint density at radius 3 is 2.33 bits per heavy atom. The molecule has 30 heavy (non-hydrogen) atoms. The van der Waals surface area contributed by atoms with Gasteiger partial charge in [0.25, 0.3) is 5.91 Å². The Labute approximate surface area is 173 Å². The molecule has 0 spiro atoms. The lowest BCUT2D eigenvalue weighted by Crippen LogP contribution is -2.35. The highest BCUT2D eigenvalue weighted by molar-refractivity contribution is 5.94. The molecule has 1 atom stereocenters. The lowest BCUT2D eigenvalue weighted by Gasteiger charge is -2.13. The number of hydrogen-bond acceptors (Lipinski definition) is 6. The van der Waals surface area contributed by atoms with Gasteiger partial charge in [0.1, 0.15) is 6.61 Å². The number of aromatic nitrogens is 2. The highest BCUT2D eigenvalue weighted by Crippen LogP contribution is 2.27. The first-order chi connectivity index (χ1) is 14.2. The minimum atomic E-state index is -1.31. The third-order valence-electron chi connectivity index (χ3n) is 3.71. The molecular weight excluding hydrogens is 398 g/mol. The van der Waals surface area contributed by atoms with Crippen LogP contribution in [0.4, 0.5) is 8.78 Å². The molecule has 1 aromatic carbocycles. The van der Waals surface area contributed by atoms with E-state index in [0.29, 0.717) is 6.54 Å². The quantitative estimate of drug-likeness (QED) is 0.644. The van der Waals surface area contributed by atoms with Gasteiger partial charge in [0.05, 0.1) is 24.0 Å². The number of ether oxygens (including phenoxy) is 2. The van der Waals surface area contributed by atoms with Crippen molar-refractivity contribution in [2.24, 2.45) is 5.92 Å². The maximum absolute atomic E-state index is 14.3. The van der Waals surface area contributed by atoms with Crippen LogP contribution in [0.1, 0.15) is 38.1 Å². The SMILES string of the molecule is CC(=O)NC(C)COc1cnc(Oc2ccc(C(=O)NCC(C)C)c(F)c2F)cn1. The Hall–Kier alpha value is -3.30. The van der Waals surface area contributed by atoms with Crippen molar-refractivity contribution in [1.82, 2.24) is 20.6 Å². The van der Waals surface area contributed by atoms with Crippen molar-refractivity contribution in [3.63, 3.8) is 0 Å². The molecule has 1 unspecified atom stereocenters. The van der Waals surface area contributed by atoms with Crippen LogP contribution >= 0.6 is 0 Å². The van der Waals surface area contributed by atoms with Gasteiger partial charge in [-0.05, 0) is 25.0 Å². The molecule has 162 valence electrons. The first-order valence-corrected chi connectivity index (χ1v) is 9.33. The predicted molar refractivity (Wildman–Crippen MR) is 104 cm³/mol. The summed E-state index contributed by atoms with van der Waals surface area (Å²) in [4.78, 5) is 30.8. The Morgan fingerprint density at radius 2 is 1.73 bits per heavy atom. The van der Waals surface area contributed by atoms with Gasteiger partial charge < -0.3 is 20.1 Å². The molecule has 0 fully saturated rings. The first-order valence-electron chi connectivity index (χ1n) is 9.33. The first kappa shape index (κ1) is 23.0. The molecular formula is C20H24F2N4O4. The highest BCUT2D eigenvalue weighted by atomic mass is 19.2. The second kappa shape index (κ2) is 10.5. The molecule has 8 nitrogen and oxygen atoms in total. The normalized spacial score (nSPS) is 11.7. The van der Waals surface area contributed by atoms with Crippen LogP contribution in [0.3, 0.4) is 0 Å². The van der Waals surface area contributed by atoms with Crippen LogP contribution in [0.5, 0.6) is 17.5 Å². The van der Waals surface area contributed by atoms with E-state index in [1.54, 1.807) is 6.92 Å². The molecule has 0 aliphatic rings. The Bertz CT molecular complexity index is 891. The highest BCUT2D eigenvalue weighted by Gasteiger charge is 2.20. The van der Waals surface area contributed by atoms with Gasteiger partial charge in [-0.25, -0.2) is 14.4 Å².